The van der Waals surface area contributed by atoms with Gasteiger partial charge in [0, 0.05) is 5.92 Å². The Labute approximate surface area is 167 Å². The third kappa shape index (κ3) is 3.74. The number of allylic oxidation sites excluding steroid dienone is 2. The fourth-order valence-electron chi connectivity index (χ4n) is 3.74. The minimum absolute atomic E-state index is 0.311. The molecule has 2 atom stereocenters. The van der Waals surface area contributed by atoms with Crippen LogP contribution in [-0.2, 0) is 6.42 Å². The van der Waals surface area contributed by atoms with Gasteiger partial charge in [0.05, 0.1) is 11.5 Å². The molecule has 2 unspecified atom stereocenters. The molecule has 0 saturated heterocycles. The van der Waals surface area contributed by atoms with Crippen LogP contribution in [0, 0.1) is 28.1 Å². The number of nitrogens with zero attached hydrogens (tertiary/aromatic N) is 1. The Kier molecular flexibility index (Phi) is 5.20. The Morgan fingerprint density at radius 3 is 2.39 bits per heavy atom. The minimum Gasteiger partial charge on any atom is -0.457 e. The maximum absolute atomic E-state index is 12.8. The third-order valence-electron chi connectivity index (χ3n) is 5.52. The van der Waals surface area contributed by atoms with Crippen LogP contribution in [0.3, 0.4) is 0 Å². The van der Waals surface area contributed by atoms with E-state index in [-0.39, 0.29) is 0 Å². The molecule has 2 nitrogen and oxygen atoms in total. The quantitative estimate of drug-likeness (QED) is 0.543. The number of halogens is 4. The lowest BCUT2D eigenvalue weighted by molar-refractivity contribution is -0.0848. The van der Waals surface area contributed by atoms with E-state index in [0.717, 1.165) is 11.6 Å². The molecule has 2 aromatic rings. The smallest absolute Gasteiger partial charge is 0.426 e. The van der Waals surface area contributed by atoms with Crippen LogP contribution in [0.5, 0.6) is 11.5 Å². The molecule has 3 rings (SSSR count). The molecular formula is C22H19ClF3NO. The van der Waals surface area contributed by atoms with E-state index < -0.39 is 28.0 Å². The van der Waals surface area contributed by atoms with Crippen LogP contribution in [-0.4, -0.2) is 6.18 Å². The van der Waals surface area contributed by atoms with Gasteiger partial charge < -0.3 is 4.74 Å². The number of hydrogen-bond donors (Lipinski definition) is 0. The summed E-state index contributed by atoms with van der Waals surface area (Å²) < 4.78 is 44.3. The highest BCUT2D eigenvalue weighted by Gasteiger charge is 2.70. The van der Waals surface area contributed by atoms with Crippen molar-refractivity contribution in [2.75, 3.05) is 0 Å². The molecular weight excluding hydrogens is 387 g/mol. The van der Waals surface area contributed by atoms with Gasteiger partial charge in [-0.3, -0.25) is 0 Å². The van der Waals surface area contributed by atoms with E-state index in [9.17, 15) is 18.4 Å². The SMILES string of the molecule is CC1(C)C(C=C(Cl)C(F)(F)F)C1(C#N)Cc1cccc(Oc2ccccc2)c1. The number of hydrogen-bond acceptors (Lipinski definition) is 2. The Morgan fingerprint density at radius 2 is 1.79 bits per heavy atom. The van der Waals surface area contributed by atoms with E-state index in [4.69, 9.17) is 16.3 Å². The summed E-state index contributed by atoms with van der Waals surface area (Å²) in [6.07, 6.45) is -3.31. The van der Waals surface area contributed by atoms with E-state index in [2.05, 4.69) is 6.07 Å². The molecule has 28 heavy (non-hydrogen) atoms. The Hall–Kier alpha value is -2.45. The Balaban J connectivity index is 1.84. The van der Waals surface area contributed by atoms with Crippen molar-refractivity contribution in [3.8, 4) is 17.6 Å². The number of alkyl halides is 3. The van der Waals surface area contributed by atoms with E-state index in [1.54, 1.807) is 19.9 Å². The Bertz CT molecular complexity index is 931. The van der Waals surface area contributed by atoms with Crippen molar-refractivity contribution in [3.63, 3.8) is 0 Å². The number of benzene rings is 2. The molecule has 1 fully saturated rings. The number of rotatable bonds is 5. The molecule has 0 bridgehead atoms. The van der Waals surface area contributed by atoms with Crippen molar-refractivity contribution in [2.45, 2.75) is 26.4 Å². The molecule has 1 saturated carbocycles. The van der Waals surface area contributed by atoms with E-state index in [1.165, 1.54) is 0 Å². The highest BCUT2D eigenvalue weighted by molar-refractivity contribution is 6.30. The van der Waals surface area contributed by atoms with Crippen molar-refractivity contribution >= 4 is 11.6 Å². The summed E-state index contributed by atoms with van der Waals surface area (Å²) in [6, 6.07) is 18.8. The first-order chi connectivity index (χ1) is 13.1. The van der Waals surface area contributed by atoms with E-state index >= 15 is 0 Å². The summed E-state index contributed by atoms with van der Waals surface area (Å²) in [5.74, 6) is 0.702. The lowest BCUT2D eigenvalue weighted by Crippen LogP contribution is -2.11. The van der Waals surface area contributed by atoms with Crippen LogP contribution in [0.2, 0.25) is 0 Å². The fourth-order valence-corrected chi connectivity index (χ4v) is 3.87. The summed E-state index contributed by atoms with van der Waals surface area (Å²) in [4.78, 5) is 0. The molecule has 0 radical (unpaired) electrons. The van der Waals surface area contributed by atoms with Crippen LogP contribution >= 0.6 is 11.6 Å². The van der Waals surface area contributed by atoms with Crippen molar-refractivity contribution in [3.05, 3.63) is 71.3 Å². The zero-order chi connectivity index (χ0) is 20.6. The first kappa shape index (κ1) is 20.3. The van der Waals surface area contributed by atoms with Crippen LogP contribution < -0.4 is 4.74 Å². The molecule has 146 valence electrons. The number of ether oxygens (including phenoxy) is 1. The summed E-state index contributed by atoms with van der Waals surface area (Å²) in [6.45, 7) is 3.59. The van der Waals surface area contributed by atoms with Gasteiger partial charge in [0.25, 0.3) is 0 Å². The summed E-state index contributed by atoms with van der Waals surface area (Å²) in [7, 11) is 0. The maximum atomic E-state index is 12.8. The molecule has 1 aliphatic rings. The third-order valence-corrected chi connectivity index (χ3v) is 5.86. The van der Waals surface area contributed by atoms with Gasteiger partial charge in [0.2, 0.25) is 0 Å². The first-order valence-corrected chi connectivity index (χ1v) is 9.15. The molecule has 0 aromatic heterocycles. The largest absolute Gasteiger partial charge is 0.457 e. The normalized spacial score (nSPS) is 23.8. The lowest BCUT2D eigenvalue weighted by atomic mass is 9.90. The second-order valence-electron chi connectivity index (χ2n) is 7.53. The standard InChI is InChI=1S/C22H19ClF3NO/c1-20(2)18(12-19(23)22(24,25)26)21(20,14-27)13-15-7-6-10-17(11-15)28-16-8-4-3-5-9-16/h3-12,18H,13H2,1-2H3. The highest BCUT2D eigenvalue weighted by Crippen LogP contribution is 2.71. The van der Waals surface area contributed by atoms with Gasteiger partial charge in [0.15, 0.2) is 0 Å². The van der Waals surface area contributed by atoms with Crippen molar-refractivity contribution < 1.29 is 17.9 Å². The monoisotopic (exact) mass is 405 g/mol. The van der Waals surface area contributed by atoms with Crippen molar-refractivity contribution in [2.24, 2.45) is 16.7 Å². The average Bonchev–Trinajstić information content (AvgIpc) is 3.09. The summed E-state index contributed by atoms with van der Waals surface area (Å²) in [5.41, 5.74) is -0.755. The molecule has 0 amide bonds. The predicted molar refractivity (Wildman–Crippen MR) is 102 cm³/mol. The fraction of sp³-hybridized carbons (Fsp3) is 0.318. The molecule has 0 N–H and O–H groups in total. The van der Waals surface area contributed by atoms with E-state index in [0.29, 0.717) is 17.9 Å². The second-order valence-corrected chi connectivity index (χ2v) is 7.94. The van der Waals surface area contributed by atoms with Crippen LogP contribution in [0.25, 0.3) is 0 Å². The topological polar surface area (TPSA) is 33.0 Å². The van der Waals surface area contributed by atoms with Gasteiger partial charge in [-0.1, -0.05) is 61.9 Å². The average molecular weight is 406 g/mol. The maximum Gasteiger partial charge on any atom is 0.426 e. The molecule has 0 spiro atoms. The zero-order valence-electron chi connectivity index (χ0n) is 15.4. The second kappa shape index (κ2) is 7.18. The van der Waals surface area contributed by atoms with Gasteiger partial charge >= 0.3 is 6.18 Å². The minimum atomic E-state index is -4.61. The van der Waals surface area contributed by atoms with Crippen LogP contribution in [0.15, 0.2) is 65.7 Å². The number of nitriles is 1. The predicted octanol–water partition coefficient (Wildman–Crippen LogP) is 6.87. The van der Waals surface area contributed by atoms with E-state index in [1.807, 2.05) is 48.5 Å². The zero-order valence-corrected chi connectivity index (χ0v) is 16.2. The summed E-state index contributed by atoms with van der Waals surface area (Å²) >= 11 is 5.43. The molecule has 1 aliphatic carbocycles. The first-order valence-electron chi connectivity index (χ1n) is 8.78. The van der Waals surface area contributed by atoms with Gasteiger partial charge in [-0.15, -0.1) is 0 Å². The Morgan fingerprint density at radius 1 is 1.14 bits per heavy atom. The van der Waals surface area contributed by atoms with Crippen molar-refractivity contribution in [1.29, 1.82) is 5.26 Å². The highest BCUT2D eigenvalue weighted by atomic mass is 35.5. The lowest BCUT2D eigenvalue weighted by Gasteiger charge is -2.13. The molecule has 0 heterocycles. The van der Waals surface area contributed by atoms with Crippen molar-refractivity contribution in [1.82, 2.24) is 0 Å². The molecule has 2 aromatic carbocycles. The van der Waals surface area contributed by atoms with Gasteiger partial charge in [-0.05, 0) is 41.7 Å². The molecule has 0 aliphatic heterocycles. The van der Waals surface area contributed by atoms with Gasteiger partial charge in [0.1, 0.15) is 16.5 Å². The summed E-state index contributed by atoms with van der Waals surface area (Å²) in [5, 5.41) is 8.63. The number of para-hydroxylation sites is 1. The molecule has 6 heteroatoms. The van der Waals surface area contributed by atoms with Crippen LogP contribution in [0.1, 0.15) is 19.4 Å². The van der Waals surface area contributed by atoms with Gasteiger partial charge in [-0.2, -0.15) is 18.4 Å². The van der Waals surface area contributed by atoms with Gasteiger partial charge in [-0.25, -0.2) is 0 Å². The van der Waals surface area contributed by atoms with Crippen LogP contribution in [0.4, 0.5) is 13.2 Å².